The molecule has 2 N–H and O–H groups in total. The number of nitrogens with one attached hydrogen (secondary N) is 2. The first-order valence-electron chi connectivity index (χ1n) is 3.97. The van der Waals surface area contributed by atoms with Crippen LogP contribution >= 0.6 is 11.8 Å². The van der Waals surface area contributed by atoms with E-state index in [1.54, 1.807) is 0 Å². The van der Waals surface area contributed by atoms with Crippen molar-refractivity contribution in [3.63, 3.8) is 0 Å². The van der Waals surface area contributed by atoms with Crippen molar-refractivity contribution in [2.24, 2.45) is 0 Å². The monoisotopic (exact) mass is 198 g/mol. The van der Waals surface area contributed by atoms with E-state index in [0.717, 1.165) is 5.56 Å². The van der Waals surface area contributed by atoms with Gasteiger partial charge in [0.25, 0.3) is 0 Å². The number of hydrogen-bond acceptors (Lipinski definition) is 2. The summed E-state index contributed by atoms with van der Waals surface area (Å²) < 4.78 is 0. The average molecular weight is 199 g/mol. The van der Waals surface area contributed by atoms with Crippen LogP contribution in [-0.2, 0) is 11.3 Å². The van der Waals surface area contributed by atoms with Gasteiger partial charge in [-0.25, -0.2) is 4.84 Å². The smallest absolute Gasteiger partial charge is 0.235 e. The van der Waals surface area contributed by atoms with Crippen molar-refractivity contribution in [3.8, 4) is 0 Å². The molecule has 4 heteroatoms. The van der Waals surface area contributed by atoms with Gasteiger partial charge in [0.1, 0.15) is 0 Å². The zero-order chi connectivity index (χ0) is 9.52. The van der Waals surface area contributed by atoms with Crippen molar-refractivity contribution >= 4 is 17.7 Å². The molecule has 3 nitrogen and oxygen atoms in total. The Bertz CT molecular complexity index is 264. The molecular weight excluding hydrogens is 188 g/mol. The molecule has 0 bridgehead atoms. The normalized spacial score (nSPS) is 9.62. The fourth-order valence-electron chi connectivity index (χ4n) is 0.920. The quantitative estimate of drug-likeness (QED) is 0.710. The van der Waals surface area contributed by atoms with Gasteiger partial charge in [-0.15, -0.1) is 0 Å². The van der Waals surface area contributed by atoms with Crippen LogP contribution in [0.1, 0.15) is 5.56 Å². The van der Waals surface area contributed by atoms with Crippen molar-refractivity contribution in [1.29, 1.82) is 0 Å². The molecule has 0 aliphatic heterocycles. The fourth-order valence-corrected chi connectivity index (χ4v) is 1.04. The highest BCUT2D eigenvalue weighted by molar-refractivity contribution is 6.14. The summed E-state index contributed by atoms with van der Waals surface area (Å²) in [4.78, 5) is 13.2. The molecule has 0 saturated carbocycles. The summed E-state index contributed by atoms with van der Waals surface area (Å²) in [6, 6.07) is 9.71. The van der Waals surface area contributed by atoms with Crippen LogP contribution < -0.4 is 10.2 Å². The van der Waals surface area contributed by atoms with Gasteiger partial charge in [-0.2, -0.15) is 0 Å². The lowest BCUT2D eigenvalue weighted by atomic mass is 10.2. The number of carbonyl (C=O) groups is 1. The van der Waals surface area contributed by atoms with Crippen LogP contribution in [0.15, 0.2) is 30.3 Å². The molecule has 0 spiro atoms. The Hall–Kier alpha value is -1.06. The highest BCUT2D eigenvalue weighted by Crippen LogP contribution is 1.96. The molecule has 0 aromatic heterocycles. The van der Waals surface area contributed by atoms with Crippen molar-refractivity contribution in [2.75, 3.05) is 6.54 Å². The Balaban J connectivity index is 2.31. The molecule has 0 radical (unpaired) electrons. The van der Waals surface area contributed by atoms with Crippen LogP contribution in [0.5, 0.6) is 0 Å². The predicted molar refractivity (Wildman–Crippen MR) is 52.1 cm³/mol. The molecule has 13 heavy (non-hydrogen) atoms. The number of halogens is 1. The zero-order valence-electron chi connectivity index (χ0n) is 7.09. The molecule has 1 aromatic rings. The molecule has 0 atom stereocenters. The van der Waals surface area contributed by atoms with Crippen molar-refractivity contribution in [2.45, 2.75) is 6.54 Å². The molecule has 1 aromatic carbocycles. The predicted octanol–water partition coefficient (Wildman–Crippen LogP) is 1.05. The van der Waals surface area contributed by atoms with E-state index < -0.39 is 0 Å². The maximum atomic E-state index is 11.0. The second kappa shape index (κ2) is 5.56. The van der Waals surface area contributed by atoms with Gasteiger partial charge in [-0.1, -0.05) is 30.3 Å². The molecule has 0 saturated heterocycles. The maximum absolute atomic E-state index is 11.0. The van der Waals surface area contributed by atoms with Gasteiger partial charge in [0, 0.05) is 6.54 Å². The third kappa shape index (κ3) is 3.92. The largest absolute Gasteiger partial charge is 0.351 e. The lowest BCUT2D eigenvalue weighted by Crippen LogP contribution is -2.29. The van der Waals surface area contributed by atoms with Gasteiger partial charge in [-0.3, -0.25) is 4.79 Å². The number of hydrogen-bond donors (Lipinski definition) is 2. The molecule has 1 amide bonds. The molecule has 0 aliphatic carbocycles. The van der Waals surface area contributed by atoms with Crippen molar-refractivity contribution < 1.29 is 4.79 Å². The molecule has 0 unspecified atom stereocenters. The summed E-state index contributed by atoms with van der Waals surface area (Å²) in [7, 11) is 0. The van der Waals surface area contributed by atoms with Crippen LogP contribution in [0.3, 0.4) is 0 Å². The highest BCUT2D eigenvalue weighted by atomic mass is 35.5. The first-order valence-corrected chi connectivity index (χ1v) is 4.35. The zero-order valence-corrected chi connectivity index (χ0v) is 7.84. The number of rotatable bonds is 4. The van der Waals surface area contributed by atoms with Crippen LogP contribution in [0.25, 0.3) is 0 Å². The van der Waals surface area contributed by atoms with Crippen LogP contribution in [-0.4, -0.2) is 12.5 Å². The van der Waals surface area contributed by atoms with Crippen molar-refractivity contribution in [3.05, 3.63) is 35.9 Å². The van der Waals surface area contributed by atoms with E-state index in [0.29, 0.717) is 6.54 Å². The van der Waals surface area contributed by atoms with Crippen molar-refractivity contribution in [1.82, 2.24) is 10.2 Å². The van der Waals surface area contributed by atoms with E-state index in [2.05, 4.69) is 10.2 Å². The minimum Gasteiger partial charge on any atom is -0.351 e. The Morgan fingerprint density at radius 1 is 1.31 bits per heavy atom. The van der Waals surface area contributed by atoms with Gasteiger partial charge < -0.3 is 5.32 Å². The molecular formula is C9H11ClN2O. The molecule has 70 valence electrons. The third-order valence-electron chi connectivity index (χ3n) is 1.56. The highest BCUT2D eigenvalue weighted by Gasteiger charge is 1.98. The minimum atomic E-state index is -0.112. The summed E-state index contributed by atoms with van der Waals surface area (Å²) in [5, 5.41) is 2.71. The summed E-state index contributed by atoms with van der Waals surface area (Å²) in [5.41, 5.74) is 1.07. The van der Waals surface area contributed by atoms with E-state index >= 15 is 0 Å². The van der Waals surface area contributed by atoms with E-state index in [-0.39, 0.29) is 12.5 Å². The topological polar surface area (TPSA) is 41.1 Å². The van der Waals surface area contributed by atoms with Crippen LogP contribution in [0, 0.1) is 0 Å². The molecule has 0 aliphatic rings. The van der Waals surface area contributed by atoms with Gasteiger partial charge in [0.15, 0.2) is 0 Å². The summed E-state index contributed by atoms with van der Waals surface area (Å²) >= 11 is 5.17. The van der Waals surface area contributed by atoms with E-state index in [4.69, 9.17) is 11.8 Å². The number of benzene rings is 1. The first-order chi connectivity index (χ1) is 6.33. The first kappa shape index (κ1) is 10.0. The number of amides is 1. The third-order valence-corrected chi connectivity index (χ3v) is 1.69. The Labute approximate surface area is 82.2 Å². The van der Waals surface area contributed by atoms with Crippen LogP contribution in [0.4, 0.5) is 0 Å². The minimum absolute atomic E-state index is 0.112. The maximum Gasteiger partial charge on any atom is 0.235 e. The van der Waals surface area contributed by atoms with Gasteiger partial charge in [0.05, 0.1) is 6.54 Å². The van der Waals surface area contributed by atoms with E-state index in [1.807, 2.05) is 30.3 Å². The second-order valence-electron chi connectivity index (χ2n) is 2.57. The van der Waals surface area contributed by atoms with Gasteiger partial charge in [-0.05, 0) is 17.3 Å². The summed E-state index contributed by atoms with van der Waals surface area (Å²) in [6.45, 7) is 0.673. The summed E-state index contributed by atoms with van der Waals surface area (Å²) in [5.74, 6) is -0.112. The Kier molecular flexibility index (Phi) is 4.29. The second-order valence-corrected chi connectivity index (χ2v) is 2.84. The molecule has 0 heterocycles. The van der Waals surface area contributed by atoms with Gasteiger partial charge in [0.2, 0.25) is 5.91 Å². The molecule has 0 fully saturated rings. The standard InChI is InChI=1S/C9H11ClN2O/c10-12-7-9(13)11-6-8-4-2-1-3-5-8/h1-5,12H,6-7H2,(H,11,13). The average Bonchev–Trinajstić information content (AvgIpc) is 2.17. The van der Waals surface area contributed by atoms with Crippen LogP contribution in [0.2, 0.25) is 0 Å². The Morgan fingerprint density at radius 2 is 2.00 bits per heavy atom. The van der Waals surface area contributed by atoms with E-state index in [9.17, 15) is 4.79 Å². The number of carbonyl (C=O) groups excluding carboxylic acids is 1. The lowest BCUT2D eigenvalue weighted by Gasteiger charge is -2.03. The molecule has 1 rings (SSSR count). The van der Waals surface area contributed by atoms with E-state index in [1.165, 1.54) is 0 Å². The summed E-state index contributed by atoms with van der Waals surface area (Å²) in [6.07, 6.45) is 0. The fraction of sp³-hybridized carbons (Fsp3) is 0.222. The van der Waals surface area contributed by atoms with Gasteiger partial charge >= 0.3 is 0 Å². The lowest BCUT2D eigenvalue weighted by molar-refractivity contribution is -0.120. The SMILES string of the molecule is O=C(CNCl)NCc1ccccc1. The Morgan fingerprint density at radius 3 is 2.62 bits per heavy atom.